The van der Waals surface area contributed by atoms with Gasteiger partial charge in [-0.1, -0.05) is 12.1 Å². The van der Waals surface area contributed by atoms with Gasteiger partial charge >= 0.3 is 0 Å². The third-order valence-corrected chi connectivity index (χ3v) is 3.70. The van der Waals surface area contributed by atoms with Gasteiger partial charge in [0.15, 0.2) is 0 Å². The smallest absolute Gasteiger partial charge is 0.110 e. The highest BCUT2D eigenvalue weighted by molar-refractivity contribution is 5.73. The number of aromatic nitrogens is 4. The number of benzene rings is 1. The lowest BCUT2D eigenvalue weighted by Crippen LogP contribution is -2.22. The van der Waals surface area contributed by atoms with Gasteiger partial charge in [0, 0.05) is 25.4 Å². The molecule has 0 saturated carbocycles. The largest absolute Gasteiger partial charge is 0.335 e. The molecular weight excluding hydrogens is 262 g/mol. The molecule has 2 heterocycles. The van der Waals surface area contributed by atoms with E-state index in [0.29, 0.717) is 0 Å². The van der Waals surface area contributed by atoms with Crippen LogP contribution in [0.2, 0.25) is 0 Å². The van der Waals surface area contributed by atoms with Crippen molar-refractivity contribution >= 4 is 11.0 Å². The molecule has 3 aromatic rings. The zero-order valence-electron chi connectivity index (χ0n) is 12.3. The number of nitrogens with one attached hydrogen (secondary N) is 1. The van der Waals surface area contributed by atoms with E-state index in [9.17, 15) is 0 Å². The van der Waals surface area contributed by atoms with Crippen molar-refractivity contribution in [3.63, 3.8) is 0 Å². The summed E-state index contributed by atoms with van der Waals surface area (Å²) in [5.41, 5.74) is 2.79. The molecule has 0 aliphatic heterocycles. The summed E-state index contributed by atoms with van der Waals surface area (Å²) in [5.74, 6) is 1.06. The van der Waals surface area contributed by atoms with Crippen molar-refractivity contribution in [2.75, 3.05) is 7.05 Å². The van der Waals surface area contributed by atoms with Crippen LogP contribution in [0.3, 0.4) is 0 Å². The van der Waals surface area contributed by atoms with E-state index in [4.69, 9.17) is 4.98 Å². The zero-order chi connectivity index (χ0) is 14.7. The number of hydrogen-bond donors (Lipinski definition) is 1. The molecule has 1 aromatic carbocycles. The molecule has 1 atom stereocenters. The van der Waals surface area contributed by atoms with Gasteiger partial charge in [0.2, 0.25) is 0 Å². The fraction of sp³-hybridized carbons (Fsp3) is 0.312. The molecule has 0 aliphatic rings. The van der Waals surface area contributed by atoms with Gasteiger partial charge in [0.05, 0.1) is 29.0 Å². The van der Waals surface area contributed by atoms with Gasteiger partial charge < -0.3 is 9.88 Å². The maximum absolute atomic E-state index is 4.72. The minimum Gasteiger partial charge on any atom is -0.335 e. The summed E-state index contributed by atoms with van der Waals surface area (Å²) in [4.78, 5) is 13.6. The number of nitrogens with zero attached hydrogens (tertiary/aromatic N) is 4. The molecule has 0 aliphatic carbocycles. The highest BCUT2D eigenvalue weighted by Gasteiger charge is 2.15. The van der Waals surface area contributed by atoms with Crippen LogP contribution in [-0.4, -0.2) is 26.6 Å². The number of likely N-dealkylation sites (N-methyl/N-ethyl adjacent to an activating group) is 1. The Morgan fingerprint density at radius 2 is 2.00 bits per heavy atom. The lowest BCUT2D eigenvalue weighted by molar-refractivity contribution is 0.541. The SMILES string of the molecule is CCn1ccnc1CC(NC)c1cnc2ccccc2n1. The predicted molar refractivity (Wildman–Crippen MR) is 82.9 cm³/mol. The number of imidazole rings is 1. The molecule has 2 aromatic heterocycles. The quantitative estimate of drug-likeness (QED) is 0.780. The molecule has 108 valence electrons. The third kappa shape index (κ3) is 2.78. The Balaban J connectivity index is 1.90. The van der Waals surface area contributed by atoms with Crippen LogP contribution in [0.1, 0.15) is 24.5 Å². The molecule has 1 unspecified atom stereocenters. The normalized spacial score (nSPS) is 12.7. The second-order valence-corrected chi connectivity index (χ2v) is 4.96. The van der Waals surface area contributed by atoms with Crippen molar-refractivity contribution in [2.24, 2.45) is 0 Å². The summed E-state index contributed by atoms with van der Waals surface area (Å²) in [6.07, 6.45) is 6.50. The van der Waals surface area contributed by atoms with E-state index in [0.717, 1.165) is 35.5 Å². The van der Waals surface area contributed by atoms with Crippen LogP contribution in [0.15, 0.2) is 42.9 Å². The van der Waals surface area contributed by atoms with Gasteiger partial charge in [-0.25, -0.2) is 9.97 Å². The van der Waals surface area contributed by atoms with E-state index >= 15 is 0 Å². The molecule has 0 spiro atoms. The second-order valence-electron chi connectivity index (χ2n) is 4.96. The first-order valence-electron chi connectivity index (χ1n) is 7.20. The maximum Gasteiger partial charge on any atom is 0.110 e. The maximum atomic E-state index is 4.72. The number of hydrogen-bond acceptors (Lipinski definition) is 4. The van der Waals surface area contributed by atoms with Crippen molar-refractivity contribution in [3.8, 4) is 0 Å². The van der Waals surface area contributed by atoms with E-state index in [1.165, 1.54) is 0 Å². The Kier molecular flexibility index (Phi) is 3.92. The second kappa shape index (κ2) is 6.01. The number of aryl methyl sites for hydroxylation is 1. The van der Waals surface area contributed by atoms with E-state index in [1.54, 1.807) is 0 Å². The number of para-hydroxylation sites is 2. The highest BCUT2D eigenvalue weighted by Crippen LogP contribution is 2.17. The Labute approximate surface area is 124 Å². The van der Waals surface area contributed by atoms with Gasteiger partial charge in [-0.05, 0) is 26.1 Å². The molecular formula is C16H19N5. The molecule has 0 saturated heterocycles. The Morgan fingerprint density at radius 1 is 1.19 bits per heavy atom. The molecule has 5 heteroatoms. The van der Waals surface area contributed by atoms with Crippen LogP contribution in [0, 0.1) is 0 Å². The van der Waals surface area contributed by atoms with Gasteiger partial charge in [-0.3, -0.25) is 4.98 Å². The average Bonchev–Trinajstić information content (AvgIpc) is 2.99. The number of fused-ring (bicyclic) bond motifs is 1. The molecule has 21 heavy (non-hydrogen) atoms. The van der Waals surface area contributed by atoms with Crippen LogP contribution in [-0.2, 0) is 13.0 Å². The predicted octanol–water partition coefficient (Wildman–Crippen LogP) is 2.35. The molecule has 0 amide bonds. The Bertz CT molecular complexity index is 734. The van der Waals surface area contributed by atoms with Crippen molar-refractivity contribution in [2.45, 2.75) is 25.9 Å². The van der Waals surface area contributed by atoms with Crippen molar-refractivity contribution in [1.29, 1.82) is 0 Å². The highest BCUT2D eigenvalue weighted by atomic mass is 15.1. The van der Waals surface area contributed by atoms with E-state index < -0.39 is 0 Å². The summed E-state index contributed by atoms with van der Waals surface area (Å²) < 4.78 is 2.15. The molecule has 0 bridgehead atoms. The fourth-order valence-electron chi connectivity index (χ4n) is 2.49. The molecule has 5 nitrogen and oxygen atoms in total. The lowest BCUT2D eigenvalue weighted by atomic mass is 10.1. The summed E-state index contributed by atoms with van der Waals surface area (Å²) in [5, 5.41) is 3.32. The number of rotatable bonds is 5. The van der Waals surface area contributed by atoms with Crippen LogP contribution in [0.5, 0.6) is 0 Å². The summed E-state index contributed by atoms with van der Waals surface area (Å²) in [6, 6.07) is 8.04. The van der Waals surface area contributed by atoms with Gasteiger partial charge in [0.25, 0.3) is 0 Å². The van der Waals surface area contributed by atoms with Gasteiger partial charge in [-0.2, -0.15) is 0 Å². The fourth-order valence-corrected chi connectivity index (χ4v) is 2.49. The third-order valence-electron chi connectivity index (χ3n) is 3.70. The minimum atomic E-state index is 0.106. The monoisotopic (exact) mass is 281 g/mol. The Hall–Kier alpha value is -2.27. The standard InChI is InChI=1S/C16H19N5/c1-3-21-9-8-18-16(21)10-14(17-2)15-11-19-12-6-4-5-7-13(12)20-15/h4-9,11,14,17H,3,10H2,1-2H3. The van der Waals surface area contributed by atoms with Gasteiger partial charge in [0.1, 0.15) is 5.82 Å². The summed E-state index contributed by atoms with van der Waals surface area (Å²) >= 11 is 0. The van der Waals surface area contributed by atoms with Crippen molar-refractivity contribution in [3.05, 3.63) is 54.4 Å². The van der Waals surface area contributed by atoms with E-state index in [-0.39, 0.29) is 6.04 Å². The van der Waals surface area contributed by atoms with E-state index in [1.807, 2.05) is 49.9 Å². The molecule has 1 N–H and O–H groups in total. The summed E-state index contributed by atoms with van der Waals surface area (Å²) in [6.45, 7) is 3.05. The van der Waals surface area contributed by atoms with E-state index in [2.05, 4.69) is 26.8 Å². The molecule has 0 radical (unpaired) electrons. The van der Waals surface area contributed by atoms with Crippen molar-refractivity contribution < 1.29 is 0 Å². The van der Waals surface area contributed by atoms with Crippen LogP contribution in [0.4, 0.5) is 0 Å². The summed E-state index contributed by atoms with van der Waals surface area (Å²) in [7, 11) is 1.95. The first-order valence-corrected chi connectivity index (χ1v) is 7.20. The van der Waals surface area contributed by atoms with Gasteiger partial charge in [-0.15, -0.1) is 0 Å². The average molecular weight is 281 g/mol. The van der Waals surface area contributed by atoms with Crippen LogP contribution < -0.4 is 5.32 Å². The topological polar surface area (TPSA) is 55.6 Å². The minimum absolute atomic E-state index is 0.106. The molecule has 0 fully saturated rings. The van der Waals surface area contributed by atoms with Crippen LogP contribution >= 0.6 is 0 Å². The Morgan fingerprint density at radius 3 is 2.76 bits per heavy atom. The zero-order valence-corrected chi connectivity index (χ0v) is 12.3. The van der Waals surface area contributed by atoms with Crippen molar-refractivity contribution in [1.82, 2.24) is 24.8 Å². The lowest BCUT2D eigenvalue weighted by Gasteiger charge is -2.16. The van der Waals surface area contributed by atoms with Crippen LogP contribution in [0.25, 0.3) is 11.0 Å². The first-order chi connectivity index (χ1) is 10.3. The first kappa shape index (κ1) is 13.7. The molecule has 3 rings (SSSR count).